The third-order valence-electron chi connectivity index (χ3n) is 3.01. The summed E-state index contributed by atoms with van der Waals surface area (Å²) < 4.78 is 5.24. The van der Waals surface area contributed by atoms with Gasteiger partial charge in [0.15, 0.2) is 6.10 Å². The Morgan fingerprint density at radius 1 is 1.11 bits per heavy atom. The highest BCUT2D eigenvalue weighted by Gasteiger charge is 2.18. The predicted octanol–water partition coefficient (Wildman–Crippen LogP) is 2.77. The molecule has 0 bridgehead atoms. The van der Waals surface area contributed by atoms with Gasteiger partial charge in [-0.15, -0.1) is 0 Å². The first-order valence-electron chi connectivity index (χ1n) is 7.22. The molecular weight excluding hydrogens is 230 g/mol. The lowest BCUT2D eigenvalue weighted by atomic mass is 10.2. The predicted molar refractivity (Wildman–Crippen MR) is 73.9 cm³/mol. The Morgan fingerprint density at radius 3 is 2.06 bits per heavy atom. The van der Waals surface area contributed by atoms with E-state index < -0.39 is 12.1 Å². The van der Waals surface area contributed by atoms with Crippen molar-refractivity contribution in [3.8, 4) is 0 Å². The van der Waals surface area contributed by atoms with Gasteiger partial charge < -0.3 is 14.7 Å². The van der Waals surface area contributed by atoms with Crippen LogP contribution >= 0.6 is 0 Å². The second-order valence-corrected chi connectivity index (χ2v) is 4.62. The molecule has 1 unspecified atom stereocenters. The third-order valence-corrected chi connectivity index (χ3v) is 3.01. The second kappa shape index (κ2) is 11.5. The highest BCUT2D eigenvalue weighted by molar-refractivity contribution is 5.72. The fraction of sp³-hybridized carbons (Fsp3) is 0.929. The molecule has 0 saturated carbocycles. The van der Waals surface area contributed by atoms with Gasteiger partial charge in [0.25, 0.3) is 0 Å². The molecule has 0 aliphatic rings. The summed E-state index contributed by atoms with van der Waals surface area (Å²) in [5.41, 5.74) is 0. The van der Waals surface area contributed by atoms with Crippen LogP contribution in [0.15, 0.2) is 0 Å². The number of ether oxygens (including phenoxy) is 1. The quantitative estimate of drug-likeness (QED) is 0.585. The number of aliphatic carboxylic acids is 1. The summed E-state index contributed by atoms with van der Waals surface area (Å²) in [7, 11) is 0. The molecule has 0 aliphatic carbocycles. The van der Waals surface area contributed by atoms with Gasteiger partial charge >= 0.3 is 5.97 Å². The van der Waals surface area contributed by atoms with Gasteiger partial charge in [0.05, 0.1) is 0 Å². The van der Waals surface area contributed by atoms with Gasteiger partial charge in [-0.2, -0.15) is 0 Å². The minimum atomic E-state index is -0.845. The summed E-state index contributed by atoms with van der Waals surface area (Å²) in [6.07, 6.45) is 4.64. The number of hydrogen-bond donors (Lipinski definition) is 1. The number of unbranched alkanes of at least 4 members (excludes halogenated alkanes) is 2. The van der Waals surface area contributed by atoms with Crippen LogP contribution in [0.1, 0.15) is 52.9 Å². The molecule has 108 valence electrons. The first kappa shape index (κ1) is 17.4. The molecule has 0 radical (unpaired) electrons. The summed E-state index contributed by atoms with van der Waals surface area (Å²) in [6, 6.07) is 0. The van der Waals surface area contributed by atoms with E-state index in [1.807, 2.05) is 6.92 Å². The number of carboxylic acids is 1. The van der Waals surface area contributed by atoms with Crippen LogP contribution in [0.5, 0.6) is 0 Å². The van der Waals surface area contributed by atoms with Gasteiger partial charge in [-0.1, -0.05) is 26.7 Å². The molecule has 0 aromatic heterocycles. The molecule has 4 nitrogen and oxygen atoms in total. The van der Waals surface area contributed by atoms with Crippen molar-refractivity contribution in [3.05, 3.63) is 0 Å². The standard InChI is InChI=1S/C14H29NO3/c1-4-7-10-15(11-8-5-2)12-9-13(14(16)17)18-6-3/h13H,4-12H2,1-3H3,(H,16,17). The molecule has 0 spiro atoms. The maximum atomic E-state index is 11.0. The third kappa shape index (κ3) is 8.48. The smallest absolute Gasteiger partial charge is 0.332 e. The lowest BCUT2D eigenvalue weighted by Crippen LogP contribution is -2.33. The fourth-order valence-electron chi connectivity index (χ4n) is 1.88. The zero-order valence-corrected chi connectivity index (χ0v) is 12.2. The van der Waals surface area contributed by atoms with E-state index in [2.05, 4.69) is 18.7 Å². The van der Waals surface area contributed by atoms with Crippen LogP contribution in [0.4, 0.5) is 0 Å². The van der Waals surface area contributed by atoms with Gasteiger partial charge in [0.2, 0.25) is 0 Å². The minimum Gasteiger partial charge on any atom is -0.479 e. The van der Waals surface area contributed by atoms with Crippen molar-refractivity contribution >= 4 is 5.97 Å². The van der Waals surface area contributed by atoms with Crippen molar-refractivity contribution in [2.75, 3.05) is 26.2 Å². The molecular formula is C14H29NO3. The van der Waals surface area contributed by atoms with E-state index >= 15 is 0 Å². The Balaban J connectivity index is 4.06. The molecule has 0 aromatic carbocycles. The largest absolute Gasteiger partial charge is 0.479 e. The van der Waals surface area contributed by atoms with E-state index in [1.165, 1.54) is 25.7 Å². The monoisotopic (exact) mass is 259 g/mol. The van der Waals surface area contributed by atoms with E-state index in [0.29, 0.717) is 13.0 Å². The topological polar surface area (TPSA) is 49.8 Å². The Hall–Kier alpha value is -0.610. The van der Waals surface area contributed by atoms with Crippen molar-refractivity contribution in [1.29, 1.82) is 0 Å². The molecule has 4 heteroatoms. The van der Waals surface area contributed by atoms with Gasteiger partial charge in [-0.25, -0.2) is 4.79 Å². The van der Waals surface area contributed by atoms with Gasteiger partial charge in [-0.3, -0.25) is 0 Å². The molecule has 0 rings (SSSR count). The van der Waals surface area contributed by atoms with E-state index in [0.717, 1.165) is 19.6 Å². The first-order valence-corrected chi connectivity index (χ1v) is 7.22. The van der Waals surface area contributed by atoms with Crippen LogP contribution in [-0.4, -0.2) is 48.3 Å². The summed E-state index contributed by atoms with van der Waals surface area (Å²) in [5.74, 6) is -0.845. The van der Waals surface area contributed by atoms with Crippen LogP contribution in [0.2, 0.25) is 0 Å². The Morgan fingerprint density at radius 2 is 1.67 bits per heavy atom. The molecule has 0 saturated heterocycles. The Labute approximate surface area is 111 Å². The van der Waals surface area contributed by atoms with Gasteiger partial charge in [0, 0.05) is 13.2 Å². The van der Waals surface area contributed by atoms with Crippen molar-refractivity contribution in [2.45, 2.75) is 59.0 Å². The number of carboxylic acid groups (broad SMARTS) is 1. The fourth-order valence-corrected chi connectivity index (χ4v) is 1.88. The summed E-state index contributed by atoms with van der Waals surface area (Å²) in [4.78, 5) is 13.3. The highest BCUT2D eigenvalue weighted by Crippen LogP contribution is 2.05. The van der Waals surface area contributed by atoms with Crippen molar-refractivity contribution in [2.24, 2.45) is 0 Å². The average molecular weight is 259 g/mol. The molecule has 0 heterocycles. The van der Waals surface area contributed by atoms with E-state index in [4.69, 9.17) is 9.84 Å². The molecule has 0 aromatic rings. The van der Waals surface area contributed by atoms with Crippen molar-refractivity contribution in [1.82, 2.24) is 4.90 Å². The van der Waals surface area contributed by atoms with Crippen LogP contribution in [0.25, 0.3) is 0 Å². The number of carbonyl (C=O) groups is 1. The maximum Gasteiger partial charge on any atom is 0.332 e. The van der Waals surface area contributed by atoms with Crippen molar-refractivity contribution in [3.63, 3.8) is 0 Å². The Kier molecular flexibility index (Phi) is 11.1. The van der Waals surface area contributed by atoms with Crippen molar-refractivity contribution < 1.29 is 14.6 Å². The summed E-state index contributed by atoms with van der Waals surface area (Å²) in [6.45, 7) is 9.60. The molecule has 0 aliphatic heterocycles. The summed E-state index contributed by atoms with van der Waals surface area (Å²) in [5, 5.41) is 9.03. The first-order chi connectivity index (χ1) is 8.65. The van der Waals surface area contributed by atoms with Crippen LogP contribution in [-0.2, 0) is 9.53 Å². The molecule has 1 N–H and O–H groups in total. The van der Waals surface area contributed by atoms with E-state index in [1.54, 1.807) is 0 Å². The van der Waals surface area contributed by atoms with E-state index in [9.17, 15) is 4.79 Å². The minimum absolute atomic E-state index is 0.459. The lowest BCUT2D eigenvalue weighted by molar-refractivity contribution is -0.150. The second-order valence-electron chi connectivity index (χ2n) is 4.62. The normalized spacial score (nSPS) is 12.9. The lowest BCUT2D eigenvalue weighted by Gasteiger charge is -2.23. The molecule has 18 heavy (non-hydrogen) atoms. The SMILES string of the molecule is CCCCN(CCCC)CCC(OCC)C(=O)O. The van der Waals surface area contributed by atoms with Crippen LogP contribution in [0, 0.1) is 0 Å². The molecule has 0 amide bonds. The number of nitrogens with zero attached hydrogens (tertiary/aromatic N) is 1. The maximum absolute atomic E-state index is 11.0. The van der Waals surface area contributed by atoms with E-state index in [-0.39, 0.29) is 0 Å². The van der Waals surface area contributed by atoms with Gasteiger partial charge in [-0.05, 0) is 39.3 Å². The van der Waals surface area contributed by atoms with Crippen LogP contribution in [0.3, 0.4) is 0 Å². The van der Waals surface area contributed by atoms with Gasteiger partial charge in [0.1, 0.15) is 0 Å². The average Bonchev–Trinajstić information content (AvgIpc) is 2.36. The molecule has 1 atom stereocenters. The number of rotatable bonds is 12. The highest BCUT2D eigenvalue weighted by atomic mass is 16.5. The van der Waals surface area contributed by atoms with Crippen LogP contribution < -0.4 is 0 Å². The summed E-state index contributed by atoms with van der Waals surface area (Å²) >= 11 is 0. The number of hydrogen-bond acceptors (Lipinski definition) is 3. The molecule has 0 fully saturated rings. The zero-order valence-electron chi connectivity index (χ0n) is 12.2. The Bertz CT molecular complexity index is 201. The zero-order chi connectivity index (χ0) is 13.8.